The number of carbonyl (C=O) groups is 1. The monoisotopic (exact) mass is 258 g/mol. The van der Waals surface area contributed by atoms with Crippen molar-refractivity contribution in [3.8, 4) is 0 Å². The molecular formula is C12H19ClN2O2. The first kappa shape index (κ1) is 15.9. The van der Waals surface area contributed by atoms with Crippen LogP contribution in [0.3, 0.4) is 0 Å². The molecule has 0 fully saturated rings. The van der Waals surface area contributed by atoms with E-state index >= 15 is 0 Å². The highest BCUT2D eigenvalue weighted by Gasteiger charge is 2.02. The van der Waals surface area contributed by atoms with Gasteiger partial charge in [0.2, 0.25) is 5.91 Å². The summed E-state index contributed by atoms with van der Waals surface area (Å²) in [5, 5.41) is 12.1. The van der Waals surface area contributed by atoms with Crippen molar-refractivity contribution in [3.63, 3.8) is 0 Å². The van der Waals surface area contributed by atoms with Crippen LogP contribution in [0.5, 0.6) is 0 Å². The van der Waals surface area contributed by atoms with Gasteiger partial charge in [0.25, 0.3) is 0 Å². The molecule has 0 aliphatic heterocycles. The Labute approximate surface area is 108 Å². The Bertz CT molecular complexity index is 339. The van der Waals surface area contributed by atoms with E-state index in [0.717, 1.165) is 11.1 Å². The summed E-state index contributed by atoms with van der Waals surface area (Å²) in [6.07, 6.45) is -0.105. The first-order valence-corrected chi connectivity index (χ1v) is 5.37. The maximum atomic E-state index is 11.2. The van der Waals surface area contributed by atoms with Crippen LogP contribution in [-0.2, 0) is 11.3 Å². The molecule has 1 atom stereocenters. The Hall–Kier alpha value is -1.10. The lowest BCUT2D eigenvalue weighted by Gasteiger charge is -2.07. The third kappa shape index (κ3) is 5.68. The van der Waals surface area contributed by atoms with Crippen LogP contribution in [0.1, 0.15) is 30.6 Å². The smallest absolute Gasteiger partial charge is 0.221 e. The van der Waals surface area contributed by atoms with E-state index in [1.54, 1.807) is 6.92 Å². The van der Waals surface area contributed by atoms with E-state index in [1.807, 2.05) is 24.3 Å². The highest BCUT2D eigenvalue weighted by atomic mass is 35.5. The molecule has 4 nitrogen and oxygen atoms in total. The zero-order valence-electron chi connectivity index (χ0n) is 9.85. The van der Waals surface area contributed by atoms with E-state index in [2.05, 4.69) is 5.32 Å². The van der Waals surface area contributed by atoms with Gasteiger partial charge in [-0.05, 0) is 18.1 Å². The third-order valence-electron chi connectivity index (χ3n) is 2.32. The van der Waals surface area contributed by atoms with Crippen LogP contribution in [0.15, 0.2) is 24.3 Å². The van der Waals surface area contributed by atoms with Crippen LogP contribution in [0.2, 0.25) is 0 Å². The van der Waals surface area contributed by atoms with Crippen molar-refractivity contribution in [1.82, 2.24) is 5.32 Å². The van der Waals surface area contributed by atoms with Crippen LogP contribution < -0.4 is 11.1 Å². The number of aliphatic hydroxyl groups is 1. The minimum atomic E-state index is -0.458. The fourth-order valence-electron chi connectivity index (χ4n) is 1.33. The fourth-order valence-corrected chi connectivity index (χ4v) is 1.33. The summed E-state index contributed by atoms with van der Waals surface area (Å²) in [5.74, 6) is -0.0397. The predicted octanol–water partition coefficient (Wildman–Crippen LogP) is 1.13. The second kappa shape index (κ2) is 8.06. The standard InChI is InChI=1S/C12H18N2O2.ClH/c1-9(15)11-4-2-10(3-5-11)8-14-12(16)6-7-13;/h2-5,9,15H,6-8,13H2,1H3,(H,14,16);1H. The maximum Gasteiger partial charge on any atom is 0.221 e. The molecule has 1 aromatic rings. The third-order valence-corrected chi connectivity index (χ3v) is 2.32. The number of hydrogen-bond donors (Lipinski definition) is 3. The molecule has 0 aliphatic rings. The van der Waals surface area contributed by atoms with Gasteiger partial charge < -0.3 is 16.2 Å². The van der Waals surface area contributed by atoms with Crippen LogP contribution >= 0.6 is 12.4 Å². The van der Waals surface area contributed by atoms with E-state index in [9.17, 15) is 9.90 Å². The quantitative estimate of drug-likeness (QED) is 0.741. The molecule has 0 saturated heterocycles. The zero-order valence-corrected chi connectivity index (χ0v) is 10.7. The van der Waals surface area contributed by atoms with Crippen LogP contribution in [0.4, 0.5) is 0 Å². The highest BCUT2D eigenvalue weighted by molar-refractivity contribution is 5.85. The van der Waals surface area contributed by atoms with Crippen molar-refractivity contribution in [3.05, 3.63) is 35.4 Å². The molecule has 0 radical (unpaired) electrons. The summed E-state index contributed by atoms with van der Waals surface area (Å²) in [4.78, 5) is 11.2. The molecule has 0 saturated carbocycles. The average Bonchev–Trinajstić information content (AvgIpc) is 2.27. The number of halogens is 1. The summed E-state index contributed by atoms with van der Waals surface area (Å²) in [7, 11) is 0. The van der Waals surface area contributed by atoms with Gasteiger partial charge in [0.05, 0.1) is 6.10 Å². The van der Waals surface area contributed by atoms with Crippen LogP contribution in [0.25, 0.3) is 0 Å². The Kier molecular flexibility index (Phi) is 7.54. The van der Waals surface area contributed by atoms with E-state index in [0.29, 0.717) is 19.5 Å². The first-order chi connectivity index (χ1) is 7.63. The lowest BCUT2D eigenvalue weighted by molar-refractivity contribution is -0.121. The summed E-state index contributed by atoms with van der Waals surface area (Å²) in [6, 6.07) is 7.50. The van der Waals surface area contributed by atoms with Crippen molar-refractivity contribution in [2.75, 3.05) is 6.54 Å². The Morgan fingerprint density at radius 1 is 1.41 bits per heavy atom. The molecule has 1 aromatic carbocycles. The average molecular weight is 259 g/mol. The molecule has 0 aromatic heterocycles. The minimum absolute atomic E-state index is 0. The number of rotatable bonds is 5. The van der Waals surface area contributed by atoms with Crippen molar-refractivity contribution in [2.24, 2.45) is 5.73 Å². The normalized spacial score (nSPS) is 11.5. The van der Waals surface area contributed by atoms with E-state index < -0.39 is 6.10 Å². The molecule has 0 aliphatic carbocycles. The second-order valence-electron chi connectivity index (χ2n) is 3.73. The second-order valence-corrected chi connectivity index (χ2v) is 3.73. The van der Waals surface area contributed by atoms with E-state index in [4.69, 9.17) is 5.73 Å². The topological polar surface area (TPSA) is 75.3 Å². The largest absolute Gasteiger partial charge is 0.389 e. The number of amides is 1. The summed E-state index contributed by atoms with van der Waals surface area (Å²) >= 11 is 0. The SMILES string of the molecule is CC(O)c1ccc(CNC(=O)CCN)cc1.Cl. The van der Waals surface area contributed by atoms with Gasteiger partial charge in [0.15, 0.2) is 0 Å². The van der Waals surface area contributed by atoms with Gasteiger partial charge in [0.1, 0.15) is 0 Å². The van der Waals surface area contributed by atoms with Crippen molar-refractivity contribution < 1.29 is 9.90 Å². The number of nitrogens with one attached hydrogen (secondary N) is 1. The van der Waals surface area contributed by atoms with Crippen molar-refractivity contribution in [2.45, 2.75) is 26.0 Å². The Balaban J connectivity index is 0.00000256. The van der Waals surface area contributed by atoms with Gasteiger partial charge in [-0.3, -0.25) is 4.79 Å². The van der Waals surface area contributed by atoms with Gasteiger partial charge >= 0.3 is 0 Å². The number of hydrogen-bond acceptors (Lipinski definition) is 3. The number of nitrogens with two attached hydrogens (primary N) is 1. The molecule has 1 rings (SSSR count). The predicted molar refractivity (Wildman–Crippen MR) is 69.8 cm³/mol. The Morgan fingerprint density at radius 2 is 2.00 bits per heavy atom. The molecule has 4 N–H and O–H groups in total. The summed E-state index contributed by atoms with van der Waals surface area (Å²) in [5.41, 5.74) is 7.14. The fraction of sp³-hybridized carbons (Fsp3) is 0.417. The first-order valence-electron chi connectivity index (χ1n) is 5.37. The maximum absolute atomic E-state index is 11.2. The van der Waals surface area contributed by atoms with E-state index in [1.165, 1.54) is 0 Å². The molecular weight excluding hydrogens is 240 g/mol. The lowest BCUT2D eigenvalue weighted by atomic mass is 10.1. The zero-order chi connectivity index (χ0) is 12.0. The van der Waals surface area contributed by atoms with Crippen LogP contribution in [-0.4, -0.2) is 17.6 Å². The number of aliphatic hydroxyl groups excluding tert-OH is 1. The minimum Gasteiger partial charge on any atom is -0.389 e. The molecule has 96 valence electrons. The van der Waals surface area contributed by atoms with Gasteiger partial charge in [0, 0.05) is 19.5 Å². The molecule has 0 bridgehead atoms. The number of carbonyl (C=O) groups excluding carboxylic acids is 1. The van der Waals surface area contributed by atoms with Crippen molar-refractivity contribution in [1.29, 1.82) is 0 Å². The molecule has 0 spiro atoms. The summed E-state index contributed by atoms with van der Waals surface area (Å²) < 4.78 is 0. The van der Waals surface area contributed by atoms with Crippen molar-refractivity contribution >= 4 is 18.3 Å². The number of benzene rings is 1. The van der Waals surface area contributed by atoms with E-state index in [-0.39, 0.29) is 18.3 Å². The van der Waals surface area contributed by atoms with Crippen LogP contribution in [0, 0.1) is 0 Å². The molecule has 5 heteroatoms. The molecule has 0 heterocycles. The summed E-state index contributed by atoms with van der Waals surface area (Å²) in [6.45, 7) is 2.59. The molecule has 1 unspecified atom stereocenters. The van der Waals surface area contributed by atoms with Gasteiger partial charge in [-0.1, -0.05) is 24.3 Å². The van der Waals surface area contributed by atoms with Gasteiger partial charge in [-0.15, -0.1) is 12.4 Å². The molecule has 17 heavy (non-hydrogen) atoms. The highest BCUT2D eigenvalue weighted by Crippen LogP contribution is 2.12. The van der Waals surface area contributed by atoms with Gasteiger partial charge in [-0.25, -0.2) is 0 Å². The Morgan fingerprint density at radius 3 is 2.47 bits per heavy atom. The lowest BCUT2D eigenvalue weighted by Crippen LogP contribution is -2.24. The molecule has 1 amide bonds. The van der Waals surface area contributed by atoms with Gasteiger partial charge in [-0.2, -0.15) is 0 Å².